The van der Waals surface area contributed by atoms with Crippen LogP contribution < -0.4 is 0 Å². The van der Waals surface area contributed by atoms with Crippen LogP contribution in [0.4, 0.5) is 0 Å². The van der Waals surface area contributed by atoms with E-state index in [-0.39, 0.29) is 6.61 Å². The summed E-state index contributed by atoms with van der Waals surface area (Å²) in [6.45, 7) is 1.68. The van der Waals surface area contributed by atoms with Crippen molar-refractivity contribution in [2.24, 2.45) is 0 Å². The highest BCUT2D eigenvalue weighted by Gasteiger charge is 2.07. The van der Waals surface area contributed by atoms with Crippen LogP contribution >= 0.6 is 11.6 Å². The molecule has 0 aliphatic rings. The molecule has 0 unspecified atom stereocenters. The van der Waals surface area contributed by atoms with Crippen LogP contribution in [0.25, 0.3) is 0 Å². The molecule has 19 heavy (non-hydrogen) atoms. The third kappa shape index (κ3) is 10.8. The summed E-state index contributed by atoms with van der Waals surface area (Å²) in [6.07, 6.45) is 3.22. The topological polar surface area (TPSA) is 111 Å². The molecule has 110 valence electrons. The Labute approximate surface area is 117 Å². The summed E-state index contributed by atoms with van der Waals surface area (Å²) in [4.78, 5) is 3.97. The molecule has 0 bridgehead atoms. The molecule has 0 aliphatic heterocycles. The molecule has 0 aliphatic carbocycles. The number of nitrogens with zero attached hydrogens (tertiary/aromatic N) is 1. The normalized spacial score (nSPS) is 11.6. The smallest absolute Gasteiger partial charge is 0.264 e. The van der Waals surface area contributed by atoms with Crippen molar-refractivity contribution in [2.45, 2.75) is 13.5 Å². The van der Waals surface area contributed by atoms with Gasteiger partial charge in [-0.25, -0.2) is 0 Å². The van der Waals surface area contributed by atoms with Crippen molar-refractivity contribution in [1.29, 1.82) is 0 Å². The fraction of sp³-hybridized carbons (Fsp3) is 0.444. The van der Waals surface area contributed by atoms with Gasteiger partial charge in [-0.05, 0) is 18.6 Å². The zero-order valence-corrected chi connectivity index (χ0v) is 12.9. The minimum Gasteiger partial charge on any atom is -0.286 e. The molecule has 0 saturated heterocycles. The second-order valence-electron chi connectivity index (χ2n) is 3.56. The van der Waals surface area contributed by atoms with Gasteiger partial charge in [0, 0.05) is 11.2 Å². The van der Waals surface area contributed by atoms with Crippen molar-refractivity contribution < 1.29 is 25.6 Å². The quantitative estimate of drug-likeness (QED) is 0.650. The maximum atomic E-state index is 10.7. The molecule has 0 aromatic carbocycles. The monoisotopic (exact) mass is 331 g/mol. The van der Waals surface area contributed by atoms with Crippen LogP contribution in [0.5, 0.6) is 0 Å². The van der Waals surface area contributed by atoms with E-state index in [1.54, 1.807) is 13.0 Å². The van der Waals surface area contributed by atoms with E-state index >= 15 is 0 Å². The van der Waals surface area contributed by atoms with Gasteiger partial charge in [-0.2, -0.15) is 16.8 Å². The molecular weight excluding hydrogens is 318 g/mol. The van der Waals surface area contributed by atoms with Crippen LogP contribution in [0.1, 0.15) is 11.3 Å². The van der Waals surface area contributed by atoms with Crippen LogP contribution in [0, 0.1) is 6.92 Å². The SMILES string of the molecule is CS(=O)(=O)O.Cc1c(Cl)ccnc1COS(C)(=O)=O. The van der Waals surface area contributed by atoms with Gasteiger partial charge in [-0.15, -0.1) is 0 Å². The van der Waals surface area contributed by atoms with Gasteiger partial charge >= 0.3 is 0 Å². The maximum Gasteiger partial charge on any atom is 0.264 e. The lowest BCUT2D eigenvalue weighted by Crippen LogP contribution is -2.05. The summed E-state index contributed by atoms with van der Waals surface area (Å²) >= 11 is 5.82. The van der Waals surface area contributed by atoms with Gasteiger partial charge in [0.1, 0.15) is 6.61 Å². The number of pyridine rings is 1. The molecular formula is C9H14ClNO6S2. The average Bonchev–Trinajstić information content (AvgIpc) is 2.16. The van der Waals surface area contributed by atoms with Gasteiger partial charge in [0.2, 0.25) is 0 Å². The molecule has 0 saturated carbocycles. The first-order valence-corrected chi connectivity index (χ1v) is 8.81. The number of rotatable bonds is 3. The molecule has 1 aromatic rings. The highest BCUT2D eigenvalue weighted by atomic mass is 35.5. The highest BCUT2D eigenvalue weighted by Crippen LogP contribution is 2.17. The molecule has 0 amide bonds. The van der Waals surface area contributed by atoms with Crippen molar-refractivity contribution in [1.82, 2.24) is 4.98 Å². The molecule has 1 aromatic heterocycles. The Balaban J connectivity index is 0.000000555. The van der Waals surface area contributed by atoms with Crippen molar-refractivity contribution in [3.8, 4) is 0 Å². The summed E-state index contributed by atoms with van der Waals surface area (Å²) in [5.74, 6) is 0. The Hall–Kier alpha value is -0.740. The molecule has 0 atom stereocenters. The lowest BCUT2D eigenvalue weighted by molar-refractivity contribution is 0.306. The number of hydrogen-bond donors (Lipinski definition) is 1. The van der Waals surface area contributed by atoms with Crippen molar-refractivity contribution >= 4 is 31.8 Å². The predicted molar refractivity (Wildman–Crippen MR) is 71.1 cm³/mol. The Kier molecular flexibility index (Phi) is 6.87. The van der Waals surface area contributed by atoms with Crippen LogP contribution in [0.15, 0.2) is 12.3 Å². The molecule has 0 fully saturated rings. The first-order chi connectivity index (χ1) is 8.40. The standard InChI is InChI=1S/C8H10ClNO3S.CH4O3S/c1-6-7(9)3-4-10-8(6)5-13-14(2,11)12;1-5(2,3)4/h3-4H,5H2,1-2H3;1H3,(H,2,3,4). The minimum absolute atomic E-state index is 0.0781. The van der Waals surface area contributed by atoms with E-state index in [9.17, 15) is 16.8 Å². The van der Waals surface area contributed by atoms with Crippen LogP contribution in [-0.2, 0) is 31.0 Å². The van der Waals surface area contributed by atoms with Crippen LogP contribution in [0.2, 0.25) is 5.02 Å². The first-order valence-electron chi connectivity index (χ1n) is 4.77. The van der Waals surface area contributed by atoms with E-state index < -0.39 is 20.2 Å². The fourth-order valence-corrected chi connectivity index (χ4v) is 1.35. The van der Waals surface area contributed by atoms with E-state index in [1.165, 1.54) is 6.20 Å². The molecule has 1 rings (SSSR count). The molecule has 10 heteroatoms. The molecule has 7 nitrogen and oxygen atoms in total. The highest BCUT2D eigenvalue weighted by molar-refractivity contribution is 7.86. The Morgan fingerprint density at radius 3 is 2.21 bits per heavy atom. The fourth-order valence-electron chi connectivity index (χ4n) is 0.861. The van der Waals surface area contributed by atoms with E-state index in [4.69, 9.17) is 16.2 Å². The Morgan fingerprint density at radius 1 is 1.32 bits per heavy atom. The molecule has 0 spiro atoms. The Bertz CT molecular complexity index is 618. The summed E-state index contributed by atoms with van der Waals surface area (Å²) < 4.78 is 51.9. The van der Waals surface area contributed by atoms with E-state index in [0.717, 1.165) is 11.8 Å². The summed E-state index contributed by atoms with van der Waals surface area (Å²) in [5.41, 5.74) is 1.26. The van der Waals surface area contributed by atoms with Gasteiger partial charge in [0.15, 0.2) is 0 Å². The van der Waals surface area contributed by atoms with Crippen molar-refractivity contribution in [3.63, 3.8) is 0 Å². The predicted octanol–water partition coefficient (Wildman–Crippen LogP) is 1.02. The lowest BCUT2D eigenvalue weighted by Gasteiger charge is -2.05. The lowest BCUT2D eigenvalue weighted by atomic mass is 10.2. The van der Waals surface area contributed by atoms with E-state index in [2.05, 4.69) is 9.17 Å². The minimum atomic E-state index is -3.67. The van der Waals surface area contributed by atoms with E-state index in [1.807, 2.05) is 0 Å². The zero-order valence-electron chi connectivity index (χ0n) is 10.5. The molecule has 0 radical (unpaired) electrons. The van der Waals surface area contributed by atoms with Gasteiger partial charge in [-0.1, -0.05) is 11.6 Å². The number of halogens is 1. The summed E-state index contributed by atoms with van der Waals surface area (Å²) in [6, 6.07) is 1.64. The average molecular weight is 332 g/mol. The third-order valence-electron chi connectivity index (χ3n) is 1.65. The van der Waals surface area contributed by atoms with E-state index in [0.29, 0.717) is 17.0 Å². The maximum absolute atomic E-state index is 10.7. The summed E-state index contributed by atoms with van der Waals surface area (Å²) in [7, 11) is -7.10. The Morgan fingerprint density at radius 2 is 1.79 bits per heavy atom. The molecule has 1 N–H and O–H groups in total. The van der Waals surface area contributed by atoms with Crippen molar-refractivity contribution in [3.05, 3.63) is 28.5 Å². The van der Waals surface area contributed by atoms with Gasteiger partial charge < -0.3 is 0 Å². The second kappa shape index (κ2) is 7.15. The van der Waals surface area contributed by atoms with Gasteiger partial charge in [-0.3, -0.25) is 13.7 Å². The zero-order chi connectivity index (χ0) is 15.3. The van der Waals surface area contributed by atoms with Gasteiger partial charge in [0.05, 0.1) is 18.2 Å². The van der Waals surface area contributed by atoms with Crippen molar-refractivity contribution in [2.75, 3.05) is 12.5 Å². The van der Waals surface area contributed by atoms with Crippen LogP contribution in [-0.4, -0.2) is 38.9 Å². The largest absolute Gasteiger partial charge is 0.286 e. The number of hydrogen-bond acceptors (Lipinski definition) is 6. The van der Waals surface area contributed by atoms with Gasteiger partial charge in [0.25, 0.3) is 20.2 Å². The first kappa shape index (κ1) is 18.3. The molecule has 1 heterocycles. The number of aromatic nitrogens is 1. The summed E-state index contributed by atoms with van der Waals surface area (Å²) in [5, 5.41) is 0.548. The second-order valence-corrected chi connectivity index (χ2v) is 7.08. The third-order valence-corrected chi connectivity index (χ3v) is 2.61. The van der Waals surface area contributed by atoms with Crippen LogP contribution in [0.3, 0.4) is 0 Å².